The average molecular weight is 394 g/mol. The van der Waals surface area contributed by atoms with Crippen LogP contribution in [0, 0.1) is 5.92 Å². The number of pyridine rings is 1. The molecule has 3 aromatic rings. The Morgan fingerprint density at radius 3 is 2.45 bits per heavy atom. The summed E-state index contributed by atoms with van der Waals surface area (Å²) in [5.74, 6) is 1.09. The summed E-state index contributed by atoms with van der Waals surface area (Å²) in [5.41, 5.74) is 2.69. The van der Waals surface area contributed by atoms with Crippen LogP contribution in [0.15, 0.2) is 48.5 Å². The van der Waals surface area contributed by atoms with Crippen molar-refractivity contribution in [2.45, 2.75) is 19.9 Å². The Kier molecular flexibility index (Phi) is 6.34. The Balaban J connectivity index is 2.10. The molecular weight excluding hydrogens is 368 g/mol. The molecule has 1 amide bonds. The summed E-state index contributed by atoms with van der Waals surface area (Å²) in [6.45, 7) is 3.80. The number of rotatable bonds is 7. The topological polar surface area (TPSA) is 80.7 Å². The maximum Gasteiger partial charge on any atom is 0.252 e. The Hall–Kier alpha value is -3.12. The molecular formula is C23H26N2O4. The van der Waals surface area contributed by atoms with Gasteiger partial charge in [-0.3, -0.25) is 4.79 Å². The van der Waals surface area contributed by atoms with Crippen molar-refractivity contribution in [3.05, 3.63) is 54.1 Å². The van der Waals surface area contributed by atoms with Crippen LogP contribution in [0.3, 0.4) is 0 Å². The smallest absolute Gasteiger partial charge is 0.252 e. The molecule has 0 saturated heterocycles. The van der Waals surface area contributed by atoms with Gasteiger partial charge >= 0.3 is 0 Å². The molecule has 0 unspecified atom stereocenters. The molecule has 1 aromatic heterocycles. The van der Waals surface area contributed by atoms with Gasteiger partial charge in [0.15, 0.2) is 11.5 Å². The first-order chi connectivity index (χ1) is 14.0. The molecule has 0 aliphatic carbocycles. The molecule has 0 saturated carbocycles. The van der Waals surface area contributed by atoms with Crippen molar-refractivity contribution >= 4 is 16.8 Å². The number of aliphatic hydroxyl groups excluding tert-OH is 1. The predicted molar refractivity (Wildman–Crippen MR) is 113 cm³/mol. The standard InChI is InChI=1S/C23H26N2O4/c1-14(2)20(13-26)25-23(27)17-12-19(24-18-8-6-5-7-16(17)18)15-9-10-21(28-3)22(11-15)29-4/h5-12,14,20,26H,13H2,1-4H3,(H,25,27)/t20-/m0/s1. The molecule has 0 aliphatic rings. The van der Waals surface area contributed by atoms with E-state index in [2.05, 4.69) is 5.32 Å². The maximum atomic E-state index is 13.0. The van der Waals surface area contributed by atoms with Gasteiger partial charge in [-0.1, -0.05) is 32.0 Å². The molecule has 0 bridgehead atoms. The zero-order chi connectivity index (χ0) is 21.0. The fraction of sp³-hybridized carbons (Fsp3) is 0.304. The Morgan fingerprint density at radius 2 is 1.79 bits per heavy atom. The van der Waals surface area contributed by atoms with E-state index in [9.17, 15) is 9.90 Å². The number of hydrogen-bond acceptors (Lipinski definition) is 5. The number of nitrogens with one attached hydrogen (secondary N) is 1. The van der Waals surface area contributed by atoms with Crippen LogP contribution in [0.1, 0.15) is 24.2 Å². The number of amides is 1. The average Bonchev–Trinajstić information content (AvgIpc) is 2.75. The number of methoxy groups -OCH3 is 2. The largest absolute Gasteiger partial charge is 0.493 e. The van der Waals surface area contributed by atoms with Crippen molar-refractivity contribution in [3.8, 4) is 22.8 Å². The summed E-state index contributed by atoms with van der Waals surface area (Å²) in [7, 11) is 3.16. The quantitative estimate of drug-likeness (QED) is 0.639. The number of hydrogen-bond donors (Lipinski definition) is 2. The second kappa shape index (κ2) is 8.92. The van der Waals surface area contributed by atoms with E-state index in [0.717, 1.165) is 16.5 Å². The second-order valence-electron chi connectivity index (χ2n) is 7.15. The van der Waals surface area contributed by atoms with Gasteiger partial charge < -0.3 is 19.9 Å². The molecule has 0 spiro atoms. The zero-order valence-electron chi connectivity index (χ0n) is 17.1. The number of nitrogens with zero attached hydrogens (tertiary/aromatic N) is 1. The lowest BCUT2D eigenvalue weighted by Crippen LogP contribution is -2.41. The number of para-hydroxylation sites is 1. The van der Waals surface area contributed by atoms with E-state index in [4.69, 9.17) is 14.5 Å². The van der Waals surface area contributed by atoms with E-state index in [1.165, 1.54) is 0 Å². The molecule has 3 rings (SSSR count). The molecule has 2 N–H and O–H groups in total. The molecule has 1 atom stereocenters. The van der Waals surface area contributed by atoms with Crippen LogP contribution in [0.5, 0.6) is 11.5 Å². The lowest BCUT2D eigenvalue weighted by atomic mass is 10.0. The van der Waals surface area contributed by atoms with E-state index in [1.54, 1.807) is 20.3 Å². The van der Waals surface area contributed by atoms with Crippen LogP contribution in [0.2, 0.25) is 0 Å². The SMILES string of the molecule is COc1ccc(-c2cc(C(=O)N[C@@H](CO)C(C)C)c3ccccc3n2)cc1OC. The number of aliphatic hydroxyl groups is 1. The fourth-order valence-electron chi connectivity index (χ4n) is 3.18. The van der Waals surface area contributed by atoms with Gasteiger partial charge in [-0.2, -0.15) is 0 Å². The van der Waals surface area contributed by atoms with Gasteiger partial charge in [0.05, 0.1) is 43.6 Å². The van der Waals surface area contributed by atoms with Crippen LogP contribution in [-0.2, 0) is 0 Å². The van der Waals surface area contributed by atoms with Gasteiger partial charge in [0, 0.05) is 10.9 Å². The van der Waals surface area contributed by atoms with Crippen LogP contribution < -0.4 is 14.8 Å². The number of carbonyl (C=O) groups is 1. The molecule has 0 radical (unpaired) electrons. The lowest BCUT2D eigenvalue weighted by molar-refractivity contribution is 0.0898. The minimum atomic E-state index is -0.320. The molecule has 29 heavy (non-hydrogen) atoms. The number of fused-ring (bicyclic) bond motifs is 1. The summed E-state index contributed by atoms with van der Waals surface area (Å²) >= 11 is 0. The van der Waals surface area contributed by atoms with E-state index in [0.29, 0.717) is 22.8 Å². The van der Waals surface area contributed by atoms with E-state index >= 15 is 0 Å². The highest BCUT2D eigenvalue weighted by atomic mass is 16.5. The third-order valence-electron chi connectivity index (χ3n) is 4.96. The number of benzene rings is 2. The first-order valence-corrected chi connectivity index (χ1v) is 9.52. The summed E-state index contributed by atoms with van der Waals surface area (Å²) in [4.78, 5) is 17.8. The van der Waals surface area contributed by atoms with E-state index in [-0.39, 0.29) is 24.5 Å². The van der Waals surface area contributed by atoms with Crippen molar-refractivity contribution in [1.29, 1.82) is 0 Å². The van der Waals surface area contributed by atoms with Crippen molar-refractivity contribution < 1.29 is 19.4 Å². The van der Waals surface area contributed by atoms with E-state index < -0.39 is 0 Å². The van der Waals surface area contributed by atoms with Crippen molar-refractivity contribution in [1.82, 2.24) is 10.3 Å². The minimum Gasteiger partial charge on any atom is -0.493 e. The molecule has 2 aromatic carbocycles. The van der Waals surface area contributed by atoms with Gasteiger partial charge in [0.2, 0.25) is 0 Å². The summed E-state index contributed by atoms with van der Waals surface area (Å²) in [6.07, 6.45) is 0. The Morgan fingerprint density at radius 1 is 1.07 bits per heavy atom. The normalized spacial score (nSPS) is 12.1. The zero-order valence-corrected chi connectivity index (χ0v) is 17.1. The van der Waals surface area contributed by atoms with Crippen molar-refractivity contribution in [3.63, 3.8) is 0 Å². The van der Waals surface area contributed by atoms with Crippen LogP contribution >= 0.6 is 0 Å². The summed E-state index contributed by atoms with van der Waals surface area (Å²) in [6, 6.07) is 14.5. The van der Waals surface area contributed by atoms with Gasteiger partial charge in [-0.05, 0) is 36.2 Å². The maximum absolute atomic E-state index is 13.0. The van der Waals surface area contributed by atoms with Crippen LogP contribution in [0.25, 0.3) is 22.2 Å². The fourth-order valence-corrected chi connectivity index (χ4v) is 3.18. The molecule has 6 heteroatoms. The van der Waals surface area contributed by atoms with Gasteiger partial charge in [0.1, 0.15) is 0 Å². The highest BCUT2D eigenvalue weighted by Gasteiger charge is 2.19. The highest BCUT2D eigenvalue weighted by Crippen LogP contribution is 2.33. The van der Waals surface area contributed by atoms with Gasteiger partial charge in [-0.25, -0.2) is 4.98 Å². The van der Waals surface area contributed by atoms with Crippen molar-refractivity contribution in [2.24, 2.45) is 5.92 Å². The monoisotopic (exact) mass is 394 g/mol. The Bertz CT molecular complexity index is 1020. The molecule has 1 heterocycles. The number of ether oxygens (including phenoxy) is 2. The lowest BCUT2D eigenvalue weighted by Gasteiger charge is -2.20. The minimum absolute atomic E-state index is 0.113. The predicted octanol–water partition coefficient (Wildman–Crippen LogP) is 3.67. The first-order valence-electron chi connectivity index (χ1n) is 9.52. The molecule has 6 nitrogen and oxygen atoms in total. The number of aromatic nitrogens is 1. The summed E-state index contributed by atoms with van der Waals surface area (Å²) < 4.78 is 10.7. The highest BCUT2D eigenvalue weighted by molar-refractivity contribution is 6.07. The Labute approximate surface area is 170 Å². The van der Waals surface area contributed by atoms with E-state index in [1.807, 2.05) is 56.3 Å². The van der Waals surface area contributed by atoms with Crippen LogP contribution in [-0.4, -0.2) is 42.9 Å². The third-order valence-corrected chi connectivity index (χ3v) is 4.96. The second-order valence-corrected chi connectivity index (χ2v) is 7.15. The number of carbonyl (C=O) groups excluding carboxylic acids is 1. The van der Waals surface area contributed by atoms with Crippen LogP contribution in [0.4, 0.5) is 0 Å². The molecule has 0 aliphatic heterocycles. The van der Waals surface area contributed by atoms with Gasteiger partial charge in [0.25, 0.3) is 5.91 Å². The third kappa shape index (κ3) is 4.32. The molecule has 0 fully saturated rings. The van der Waals surface area contributed by atoms with Gasteiger partial charge in [-0.15, -0.1) is 0 Å². The molecule has 152 valence electrons. The van der Waals surface area contributed by atoms with Crippen molar-refractivity contribution in [2.75, 3.05) is 20.8 Å². The first kappa shape index (κ1) is 20.6. The summed E-state index contributed by atoms with van der Waals surface area (Å²) in [5, 5.41) is 13.3.